The molecular weight excluding hydrogens is 262 g/mol. The lowest BCUT2D eigenvalue weighted by atomic mass is 10.1. The molecule has 0 saturated carbocycles. The normalized spacial score (nSPS) is 18.4. The molecule has 0 fully saturated rings. The van der Waals surface area contributed by atoms with Crippen LogP contribution >= 0.6 is 0 Å². The van der Waals surface area contributed by atoms with Crippen molar-refractivity contribution in [1.82, 2.24) is 0 Å². The summed E-state index contributed by atoms with van der Waals surface area (Å²) in [7, 11) is -0.921. The highest BCUT2D eigenvalue weighted by atomic mass is 32.2. The molecule has 0 aromatic heterocycles. The molecule has 5 heteroatoms. The van der Waals surface area contributed by atoms with Crippen LogP contribution in [-0.4, -0.2) is 22.0 Å². The molecule has 0 aliphatic carbocycles. The first-order chi connectivity index (χ1) is 8.99. The minimum atomic E-state index is -0.921. The van der Waals surface area contributed by atoms with Gasteiger partial charge in [0.25, 0.3) is 0 Å². The molecule has 1 aliphatic rings. The van der Waals surface area contributed by atoms with Crippen LogP contribution in [0.15, 0.2) is 18.2 Å². The van der Waals surface area contributed by atoms with Crippen molar-refractivity contribution in [3.63, 3.8) is 0 Å². The number of ether oxygens (including phenoxy) is 2. The highest BCUT2D eigenvalue weighted by molar-refractivity contribution is 7.85. The zero-order chi connectivity index (χ0) is 14.0. The Morgan fingerprint density at radius 2 is 1.95 bits per heavy atom. The van der Waals surface area contributed by atoms with Crippen LogP contribution < -0.4 is 15.2 Å². The fourth-order valence-corrected chi connectivity index (χ4v) is 3.33. The van der Waals surface area contributed by atoms with Crippen LogP contribution in [0.25, 0.3) is 0 Å². The first kappa shape index (κ1) is 14.3. The van der Waals surface area contributed by atoms with Gasteiger partial charge in [0.05, 0.1) is 0 Å². The van der Waals surface area contributed by atoms with Crippen molar-refractivity contribution in [1.29, 1.82) is 0 Å². The first-order valence-corrected chi connectivity index (χ1v) is 7.89. The summed E-state index contributed by atoms with van der Waals surface area (Å²) < 4.78 is 22.8. The second-order valence-electron chi connectivity index (χ2n) is 5.22. The van der Waals surface area contributed by atoms with Crippen molar-refractivity contribution >= 4 is 10.8 Å². The van der Waals surface area contributed by atoms with Crippen molar-refractivity contribution in [2.75, 3.05) is 12.5 Å². The van der Waals surface area contributed by atoms with E-state index < -0.39 is 10.8 Å². The van der Waals surface area contributed by atoms with Crippen LogP contribution in [0.1, 0.15) is 32.4 Å². The average Bonchev–Trinajstić information content (AvgIpc) is 2.84. The highest BCUT2D eigenvalue weighted by Gasteiger charge is 2.20. The molecule has 106 valence electrons. The Hall–Kier alpha value is -1.07. The standard InChI is InChI=1S/C14H21NO3S/c1-9(2)10(3)19(16)7-12(15)11-4-5-13-14(6-11)18-8-17-13/h4-6,9-10,12H,7-8,15H2,1-3H3. The molecule has 2 N–H and O–H groups in total. The van der Waals surface area contributed by atoms with E-state index in [2.05, 4.69) is 13.8 Å². The number of hydrogen-bond donors (Lipinski definition) is 1. The summed E-state index contributed by atoms with van der Waals surface area (Å²) in [4.78, 5) is 0. The van der Waals surface area contributed by atoms with Gasteiger partial charge < -0.3 is 15.2 Å². The molecule has 0 saturated heterocycles. The van der Waals surface area contributed by atoms with Gasteiger partial charge in [0.2, 0.25) is 6.79 Å². The molecule has 1 heterocycles. The number of benzene rings is 1. The van der Waals surface area contributed by atoms with Crippen LogP contribution in [0, 0.1) is 5.92 Å². The van der Waals surface area contributed by atoms with E-state index in [4.69, 9.17) is 15.2 Å². The summed E-state index contributed by atoms with van der Waals surface area (Å²) in [5.74, 6) is 2.33. The van der Waals surface area contributed by atoms with Crippen LogP contribution in [0.2, 0.25) is 0 Å². The zero-order valence-corrected chi connectivity index (χ0v) is 12.4. The molecule has 3 atom stereocenters. The minimum absolute atomic E-state index is 0.153. The summed E-state index contributed by atoms with van der Waals surface area (Å²) in [6, 6.07) is 5.41. The summed E-state index contributed by atoms with van der Waals surface area (Å²) in [5.41, 5.74) is 7.08. The lowest BCUT2D eigenvalue weighted by molar-refractivity contribution is 0.174. The quantitative estimate of drug-likeness (QED) is 0.900. The second kappa shape index (κ2) is 5.92. The van der Waals surface area contributed by atoms with Crippen LogP contribution in [0.4, 0.5) is 0 Å². The number of hydrogen-bond acceptors (Lipinski definition) is 4. The van der Waals surface area contributed by atoms with E-state index in [0.29, 0.717) is 11.7 Å². The molecule has 0 amide bonds. The molecule has 1 aliphatic heterocycles. The largest absolute Gasteiger partial charge is 0.454 e. The maximum atomic E-state index is 12.2. The van der Waals surface area contributed by atoms with Gasteiger partial charge in [0.1, 0.15) is 0 Å². The smallest absolute Gasteiger partial charge is 0.231 e. The summed E-state index contributed by atoms with van der Waals surface area (Å²) in [5, 5.41) is 0.153. The fraction of sp³-hybridized carbons (Fsp3) is 0.571. The molecule has 2 rings (SSSR count). The highest BCUT2D eigenvalue weighted by Crippen LogP contribution is 2.34. The minimum Gasteiger partial charge on any atom is -0.454 e. The Balaban J connectivity index is 2.04. The fourth-order valence-electron chi connectivity index (χ4n) is 1.87. The average molecular weight is 283 g/mol. The predicted molar refractivity (Wildman–Crippen MR) is 76.8 cm³/mol. The van der Waals surface area contributed by atoms with Crippen LogP contribution in [0.3, 0.4) is 0 Å². The summed E-state index contributed by atoms with van der Waals surface area (Å²) in [6.07, 6.45) is 0. The number of nitrogens with two attached hydrogens (primary N) is 1. The maximum absolute atomic E-state index is 12.2. The maximum Gasteiger partial charge on any atom is 0.231 e. The van der Waals surface area contributed by atoms with Gasteiger partial charge in [0, 0.05) is 27.8 Å². The van der Waals surface area contributed by atoms with Gasteiger partial charge in [0.15, 0.2) is 11.5 Å². The Labute approximate surface area is 116 Å². The third-order valence-electron chi connectivity index (χ3n) is 3.52. The van der Waals surface area contributed by atoms with Gasteiger partial charge in [-0.2, -0.15) is 0 Å². The molecule has 0 bridgehead atoms. The summed E-state index contributed by atoms with van der Waals surface area (Å²) in [6.45, 7) is 6.42. The van der Waals surface area contributed by atoms with Gasteiger partial charge in [-0.3, -0.25) is 4.21 Å². The molecule has 3 unspecified atom stereocenters. The lowest BCUT2D eigenvalue weighted by Crippen LogP contribution is -2.26. The lowest BCUT2D eigenvalue weighted by Gasteiger charge is -2.18. The van der Waals surface area contributed by atoms with E-state index in [1.54, 1.807) is 0 Å². The van der Waals surface area contributed by atoms with Crippen LogP contribution in [0.5, 0.6) is 11.5 Å². The molecule has 0 radical (unpaired) electrons. The molecule has 1 aromatic carbocycles. The Morgan fingerprint density at radius 1 is 1.26 bits per heavy atom. The number of rotatable bonds is 5. The van der Waals surface area contributed by atoms with E-state index in [1.165, 1.54) is 0 Å². The third kappa shape index (κ3) is 3.28. The van der Waals surface area contributed by atoms with Gasteiger partial charge in [-0.1, -0.05) is 26.8 Å². The predicted octanol–water partition coefficient (Wildman–Crippen LogP) is 2.21. The Bertz CT molecular complexity index is 476. The van der Waals surface area contributed by atoms with Crippen molar-refractivity contribution in [2.45, 2.75) is 32.1 Å². The van der Waals surface area contributed by atoms with Crippen molar-refractivity contribution in [2.24, 2.45) is 11.7 Å². The van der Waals surface area contributed by atoms with Gasteiger partial charge in [-0.05, 0) is 23.6 Å². The van der Waals surface area contributed by atoms with E-state index in [0.717, 1.165) is 17.1 Å². The van der Waals surface area contributed by atoms with E-state index in [-0.39, 0.29) is 18.1 Å². The first-order valence-electron chi connectivity index (χ1n) is 6.51. The zero-order valence-electron chi connectivity index (χ0n) is 11.6. The SMILES string of the molecule is CC(C)C(C)S(=O)CC(N)c1ccc2c(c1)OCO2. The monoisotopic (exact) mass is 283 g/mol. The second-order valence-corrected chi connectivity index (χ2v) is 7.05. The van der Waals surface area contributed by atoms with Gasteiger partial charge >= 0.3 is 0 Å². The summed E-state index contributed by atoms with van der Waals surface area (Å²) >= 11 is 0. The molecule has 0 spiro atoms. The van der Waals surface area contributed by atoms with Crippen molar-refractivity contribution < 1.29 is 13.7 Å². The van der Waals surface area contributed by atoms with Gasteiger partial charge in [-0.15, -0.1) is 0 Å². The molecule has 1 aromatic rings. The molecule has 19 heavy (non-hydrogen) atoms. The van der Waals surface area contributed by atoms with E-state index >= 15 is 0 Å². The third-order valence-corrected chi connectivity index (χ3v) is 5.58. The van der Waals surface area contributed by atoms with E-state index in [1.807, 2.05) is 25.1 Å². The molecule has 4 nitrogen and oxygen atoms in total. The topological polar surface area (TPSA) is 61.6 Å². The Kier molecular flexibility index (Phi) is 4.47. The van der Waals surface area contributed by atoms with Crippen molar-refractivity contribution in [3.8, 4) is 11.5 Å². The van der Waals surface area contributed by atoms with Crippen LogP contribution in [-0.2, 0) is 10.8 Å². The number of fused-ring (bicyclic) bond motifs is 1. The molecular formula is C14H21NO3S. The van der Waals surface area contributed by atoms with Crippen molar-refractivity contribution in [3.05, 3.63) is 23.8 Å². The Morgan fingerprint density at radius 3 is 2.63 bits per heavy atom. The van der Waals surface area contributed by atoms with Gasteiger partial charge in [-0.25, -0.2) is 0 Å². The van der Waals surface area contributed by atoms with E-state index in [9.17, 15) is 4.21 Å².